The van der Waals surface area contributed by atoms with Gasteiger partial charge in [-0.1, -0.05) is 54.6 Å². The number of hydrogen-bond acceptors (Lipinski definition) is 3. The molecule has 3 heteroatoms. The van der Waals surface area contributed by atoms with E-state index in [1.54, 1.807) is 18.2 Å². The van der Waals surface area contributed by atoms with Crippen molar-refractivity contribution in [1.82, 2.24) is 0 Å². The summed E-state index contributed by atoms with van der Waals surface area (Å²) in [5, 5.41) is 0. The Morgan fingerprint density at radius 2 is 1.72 bits per heavy atom. The highest BCUT2D eigenvalue weighted by Gasteiger charge is 2.12. The Hall–Kier alpha value is -2.00. The van der Waals surface area contributed by atoms with Crippen LogP contribution in [0.15, 0.2) is 54.6 Å². The normalized spacial score (nSPS) is 9.78. The second kappa shape index (κ2) is 6.07. The van der Waals surface area contributed by atoms with Crippen LogP contribution >= 0.6 is 12.2 Å². The lowest BCUT2D eigenvalue weighted by atomic mass is 9.99. The number of carbonyl (C=O) groups excluding carboxylic acids is 1. The monoisotopic (exact) mass is 256 g/mol. The molecule has 0 unspecified atom stereocenters. The average molecular weight is 256 g/mol. The molecule has 90 valence electrons. The molecule has 0 radical (unpaired) electrons. The highest BCUT2D eigenvalue weighted by Crippen LogP contribution is 2.15. The lowest BCUT2D eigenvalue weighted by Crippen LogP contribution is -2.06. The van der Waals surface area contributed by atoms with Gasteiger partial charge in [0.1, 0.15) is 12.2 Å². The summed E-state index contributed by atoms with van der Waals surface area (Å²) in [6, 6.07) is 16.6. The minimum Gasteiger partial charge on any atom is -0.485 e. The fourth-order valence-electron chi connectivity index (χ4n) is 1.74. The third-order valence-electron chi connectivity index (χ3n) is 2.60. The van der Waals surface area contributed by atoms with Crippen LogP contribution in [0.5, 0.6) is 0 Å². The van der Waals surface area contributed by atoms with Crippen LogP contribution in [0, 0.1) is 0 Å². The van der Waals surface area contributed by atoms with Gasteiger partial charge < -0.3 is 4.74 Å². The van der Waals surface area contributed by atoms with E-state index in [1.807, 2.05) is 36.4 Å². The third kappa shape index (κ3) is 2.81. The molecule has 2 aromatic carbocycles. The van der Waals surface area contributed by atoms with Crippen molar-refractivity contribution in [3.05, 3.63) is 71.3 Å². The van der Waals surface area contributed by atoms with E-state index in [1.165, 1.54) is 5.55 Å². The van der Waals surface area contributed by atoms with Crippen LogP contribution in [0.3, 0.4) is 0 Å². The molecule has 0 fully saturated rings. The largest absolute Gasteiger partial charge is 0.485 e. The van der Waals surface area contributed by atoms with E-state index < -0.39 is 0 Å². The van der Waals surface area contributed by atoms with Gasteiger partial charge in [-0.2, -0.15) is 0 Å². The zero-order valence-electron chi connectivity index (χ0n) is 9.71. The minimum absolute atomic E-state index is 0.000770. The van der Waals surface area contributed by atoms with E-state index >= 15 is 0 Å². The maximum absolute atomic E-state index is 12.3. The fourth-order valence-corrected chi connectivity index (χ4v) is 1.80. The predicted molar refractivity (Wildman–Crippen MR) is 74.8 cm³/mol. The number of carbonyl (C=O) groups is 1. The lowest BCUT2D eigenvalue weighted by molar-refractivity contribution is 0.103. The number of benzene rings is 2. The van der Waals surface area contributed by atoms with Crippen molar-refractivity contribution in [2.45, 2.75) is 6.61 Å². The number of rotatable bonds is 5. The van der Waals surface area contributed by atoms with Crippen molar-refractivity contribution >= 4 is 23.6 Å². The van der Waals surface area contributed by atoms with Crippen molar-refractivity contribution in [2.75, 3.05) is 0 Å². The Labute approximate surface area is 111 Å². The SMILES string of the molecule is O=C(c1ccccc1)c1ccccc1COC=S. The maximum Gasteiger partial charge on any atom is 0.193 e. The summed E-state index contributed by atoms with van der Waals surface area (Å²) in [7, 11) is 0. The first-order chi connectivity index (χ1) is 8.83. The van der Waals surface area contributed by atoms with Crippen LogP contribution in [0.1, 0.15) is 21.5 Å². The van der Waals surface area contributed by atoms with E-state index in [9.17, 15) is 4.79 Å². The molecule has 0 aromatic heterocycles. The molecular weight excluding hydrogens is 244 g/mol. The van der Waals surface area contributed by atoms with Crippen LogP contribution in [0.25, 0.3) is 0 Å². The van der Waals surface area contributed by atoms with Crippen LogP contribution in [-0.4, -0.2) is 11.3 Å². The Balaban J connectivity index is 2.33. The van der Waals surface area contributed by atoms with Gasteiger partial charge in [0.2, 0.25) is 0 Å². The van der Waals surface area contributed by atoms with Crippen molar-refractivity contribution in [3.8, 4) is 0 Å². The molecule has 2 aromatic rings. The number of ether oxygens (including phenoxy) is 1. The van der Waals surface area contributed by atoms with Crippen molar-refractivity contribution in [1.29, 1.82) is 0 Å². The molecule has 0 N–H and O–H groups in total. The van der Waals surface area contributed by atoms with E-state index in [0.29, 0.717) is 17.7 Å². The fraction of sp³-hybridized carbons (Fsp3) is 0.0667. The molecule has 0 amide bonds. The van der Waals surface area contributed by atoms with Gasteiger partial charge in [0, 0.05) is 16.7 Å². The van der Waals surface area contributed by atoms with Crippen LogP contribution < -0.4 is 0 Å². The van der Waals surface area contributed by atoms with Crippen LogP contribution in [-0.2, 0) is 11.3 Å². The van der Waals surface area contributed by atoms with Gasteiger partial charge in [0.15, 0.2) is 5.78 Å². The Morgan fingerprint density at radius 1 is 1.06 bits per heavy atom. The molecule has 0 saturated heterocycles. The van der Waals surface area contributed by atoms with Crippen molar-refractivity contribution < 1.29 is 9.53 Å². The first-order valence-corrected chi connectivity index (χ1v) is 6.03. The van der Waals surface area contributed by atoms with Crippen LogP contribution in [0.2, 0.25) is 0 Å². The summed E-state index contributed by atoms with van der Waals surface area (Å²) in [6.07, 6.45) is 0. The zero-order valence-corrected chi connectivity index (χ0v) is 10.5. The third-order valence-corrected chi connectivity index (χ3v) is 2.74. The Morgan fingerprint density at radius 3 is 2.44 bits per heavy atom. The summed E-state index contributed by atoms with van der Waals surface area (Å²) in [4.78, 5) is 12.3. The molecule has 0 spiro atoms. The molecule has 0 atom stereocenters. The molecule has 0 aliphatic carbocycles. The van der Waals surface area contributed by atoms with Gasteiger partial charge >= 0.3 is 0 Å². The van der Waals surface area contributed by atoms with Gasteiger partial charge in [0.05, 0.1) is 0 Å². The minimum atomic E-state index is -0.000770. The molecule has 0 aliphatic rings. The first-order valence-electron chi connectivity index (χ1n) is 5.56. The summed E-state index contributed by atoms with van der Waals surface area (Å²) < 4.78 is 5.08. The molecule has 18 heavy (non-hydrogen) atoms. The van der Waals surface area contributed by atoms with E-state index in [2.05, 4.69) is 12.2 Å². The topological polar surface area (TPSA) is 26.3 Å². The number of hydrogen-bond donors (Lipinski definition) is 0. The van der Waals surface area contributed by atoms with Gasteiger partial charge in [-0.15, -0.1) is 0 Å². The molecule has 0 bridgehead atoms. The van der Waals surface area contributed by atoms with Gasteiger partial charge in [-0.25, -0.2) is 0 Å². The van der Waals surface area contributed by atoms with E-state index in [0.717, 1.165) is 5.56 Å². The number of thiocarbonyl (C=S) groups is 1. The van der Waals surface area contributed by atoms with E-state index in [-0.39, 0.29) is 5.78 Å². The average Bonchev–Trinajstić information content (AvgIpc) is 2.45. The molecular formula is C15H12O2S. The van der Waals surface area contributed by atoms with Crippen molar-refractivity contribution in [2.24, 2.45) is 0 Å². The summed E-state index contributed by atoms with van der Waals surface area (Å²) in [5.74, 6) is -0.000770. The zero-order chi connectivity index (χ0) is 12.8. The highest BCUT2D eigenvalue weighted by atomic mass is 32.1. The van der Waals surface area contributed by atoms with Gasteiger partial charge in [-0.3, -0.25) is 4.79 Å². The molecule has 0 aliphatic heterocycles. The number of ketones is 1. The smallest absolute Gasteiger partial charge is 0.193 e. The summed E-state index contributed by atoms with van der Waals surface area (Å²) in [6.45, 7) is 0.318. The predicted octanol–water partition coefficient (Wildman–Crippen LogP) is 3.39. The van der Waals surface area contributed by atoms with E-state index in [4.69, 9.17) is 4.74 Å². The quantitative estimate of drug-likeness (QED) is 0.606. The Kier molecular flexibility index (Phi) is 4.20. The highest BCUT2D eigenvalue weighted by molar-refractivity contribution is 7.78. The molecule has 2 nitrogen and oxygen atoms in total. The summed E-state index contributed by atoms with van der Waals surface area (Å²) >= 11 is 4.62. The second-order valence-corrected chi connectivity index (χ2v) is 3.95. The van der Waals surface area contributed by atoms with Crippen LogP contribution in [0.4, 0.5) is 0 Å². The first kappa shape index (κ1) is 12.5. The molecule has 0 heterocycles. The molecule has 2 rings (SSSR count). The lowest BCUT2D eigenvalue weighted by Gasteiger charge is -2.07. The maximum atomic E-state index is 12.3. The second-order valence-electron chi connectivity index (χ2n) is 3.76. The standard InChI is InChI=1S/C15H12O2S/c16-15(12-6-2-1-3-7-12)14-9-5-4-8-13(14)10-17-11-18/h1-9,11H,10H2. The van der Waals surface area contributed by atoms with Gasteiger partial charge in [-0.05, 0) is 12.2 Å². The molecule has 0 saturated carbocycles. The summed E-state index contributed by atoms with van der Waals surface area (Å²) in [5.41, 5.74) is 3.38. The van der Waals surface area contributed by atoms with Crippen molar-refractivity contribution in [3.63, 3.8) is 0 Å². The Bertz CT molecular complexity index is 549. The van der Waals surface area contributed by atoms with Gasteiger partial charge in [0.25, 0.3) is 0 Å².